The zero-order valence-electron chi connectivity index (χ0n) is 14.0. The number of nitro groups is 1. The third-order valence-corrected chi connectivity index (χ3v) is 3.57. The van der Waals surface area contributed by atoms with Crippen molar-refractivity contribution in [3.63, 3.8) is 0 Å². The number of carbonyl (C=O) groups is 2. The first-order valence-corrected chi connectivity index (χ1v) is 7.84. The largest absolute Gasteiger partial charge is 0.486 e. The molecule has 0 saturated heterocycles. The zero-order valence-corrected chi connectivity index (χ0v) is 14.0. The van der Waals surface area contributed by atoms with Gasteiger partial charge in [0.05, 0.1) is 11.0 Å². The highest BCUT2D eigenvalue weighted by molar-refractivity contribution is 6.07. The standard InChI is InChI=1S/C17H15N3O7/c18-16(21)9-27-11-3-1-2-10(6-11)19-17(22)12-7-14-15(26-5-4-25-14)8-13(12)20(23)24/h1-3,6-8H,4-5,9H2,(H2,18,21)(H,19,22). The molecule has 2 aromatic carbocycles. The average molecular weight is 373 g/mol. The van der Waals surface area contributed by atoms with Gasteiger partial charge in [-0.05, 0) is 12.1 Å². The van der Waals surface area contributed by atoms with Crippen molar-refractivity contribution >= 4 is 23.2 Å². The number of hydrogen-bond donors (Lipinski definition) is 2. The van der Waals surface area contributed by atoms with Gasteiger partial charge in [0.15, 0.2) is 18.1 Å². The Kier molecular flexibility index (Phi) is 5.06. The van der Waals surface area contributed by atoms with Gasteiger partial charge in [-0.25, -0.2) is 0 Å². The Hall–Kier alpha value is -3.82. The molecule has 1 aliphatic rings. The fraction of sp³-hybridized carbons (Fsp3) is 0.176. The number of anilines is 1. The number of nitro benzene ring substituents is 1. The number of primary amides is 1. The lowest BCUT2D eigenvalue weighted by atomic mass is 10.1. The molecular weight excluding hydrogens is 358 g/mol. The van der Waals surface area contributed by atoms with Crippen LogP contribution in [0, 0.1) is 10.1 Å². The fourth-order valence-electron chi connectivity index (χ4n) is 2.43. The Morgan fingerprint density at radius 1 is 1.19 bits per heavy atom. The average Bonchev–Trinajstić information content (AvgIpc) is 2.65. The molecule has 0 aliphatic carbocycles. The number of ether oxygens (including phenoxy) is 3. The highest BCUT2D eigenvalue weighted by atomic mass is 16.6. The van der Waals surface area contributed by atoms with Gasteiger partial charge >= 0.3 is 0 Å². The molecule has 0 fully saturated rings. The van der Waals surface area contributed by atoms with Crippen LogP contribution in [0.25, 0.3) is 0 Å². The van der Waals surface area contributed by atoms with Gasteiger partial charge in [-0.15, -0.1) is 0 Å². The predicted molar refractivity (Wildman–Crippen MR) is 93.2 cm³/mol. The molecule has 10 nitrogen and oxygen atoms in total. The molecule has 0 spiro atoms. The molecule has 2 aromatic rings. The van der Waals surface area contributed by atoms with E-state index in [1.165, 1.54) is 12.1 Å². The highest BCUT2D eigenvalue weighted by Gasteiger charge is 2.26. The maximum Gasteiger partial charge on any atom is 0.286 e. The molecule has 27 heavy (non-hydrogen) atoms. The summed E-state index contributed by atoms with van der Waals surface area (Å²) in [7, 11) is 0. The second-order valence-electron chi connectivity index (χ2n) is 5.51. The molecule has 0 aromatic heterocycles. The molecule has 0 radical (unpaired) electrons. The molecule has 0 atom stereocenters. The third-order valence-electron chi connectivity index (χ3n) is 3.57. The monoisotopic (exact) mass is 373 g/mol. The van der Waals surface area contributed by atoms with Crippen LogP contribution in [0.3, 0.4) is 0 Å². The lowest BCUT2D eigenvalue weighted by Crippen LogP contribution is -2.20. The lowest BCUT2D eigenvalue weighted by molar-refractivity contribution is -0.385. The van der Waals surface area contributed by atoms with Crippen LogP contribution in [0.5, 0.6) is 17.2 Å². The number of carbonyl (C=O) groups excluding carboxylic acids is 2. The molecule has 1 heterocycles. The minimum atomic E-state index is -0.703. The minimum Gasteiger partial charge on any atom is -0.486 e. The second kappa shape index (κ2) is 7.60. The third kappa shape index (κ3) is 4.24. The Bertz CT molecular complexity index is 913. The van der Waals surface area contributed by atoms with Crippen molar-refractivity contribution in [1.29, 1.82) is 0 Å². The zero-order chi connectivity index (χ0) is 19.4. The van der Waals surface area contributed by atoms with E-state index in [-0.39, 0.29) is 36.9 Å². The Morgan fingerprint density at radius 2 is 1.89 bits per heavy atom. The molecule has 2 amide bonds. The van der Waals surface area contributed by atoms with E-state index in [4.69, 9.17) is 19.9 Å². The molecule has 10 heteroatoms. The predicted octanol–water partition coefficient (Wildman–Crippen LogP) is 1.48. The van der Waals surface area contributed by atoms with Gasteiger partial charge in [-0.2, -0.15) is 0 Å². The van der Waals surface area contributed by atoms with Crippen molar-refractivity contribution in [3.05, 3.63) is 52.1 Å². The van der Waals surface area contributed by atoms with Gasteiger partial charge in [0.1, 0.15) is 24.5 Å². The van der Waals surface area contributed by atoms with Crippen molar-refractivity contribution in [3.8, 4) is 17.2 Å². The van der Waals surface area contributed by atoms with Gasteiger partial charge in [0.25, 0.3) is 17.5 Å². The summed E-state index contributed by atoms with van der Waals surface area (Å²) in [5.41, 5.74) is 4.76. The fourth-order valence-corrected chi connectivity index (χ4v) is 2.43. The molecule has 1 aliphatic heterocycles. The smallest absolute Gasteiger partial charge is 0.286 e. The maximum atomic E-state index is 12.6. The van der Waals surface area contributed by atoms with Crippen molar-refractivity contribution in [1.82, 2.24) is 0 Å². The number of fused-ring (bicyclic) bond motifs is 1. The van der Waals surface area contributed by atoms with E-state index >= 15 is 0 Å². The number of nitrogens with two attached hydrogens (primary N) is 1. The Balaban J connectivity index is 1.84. The van der Waals surface area contributed by atoms with Crippen LogP contribution < -0.4 is 25.3 Å². The minimum absolute atomic E-state index is 0.173. The quantitative estimate of drug-likeness (QED) is 0.576. The Labute approximate surface area is 153 Å². The SMILES string of the molecule is NC(=O)COc1cccc(NC(=O)c2cc3c(cc2[N+](=O)[O-])OCCO3)c1. The molecule has 140 valence electrons. The summed E-state index contributed by atoms with van der Waals surface area (Å²) in [6, 6.07) is 8.63. The molecule has 0 unspecified atom stereocenters. The summed E-state index contributed by atoms with van der Waals surface area (Å²) in [5.74, 6) is -0.563. The van der Waals surface area contributed by atoms with Gasteiger partial charge < -0.3 is 25.3 Å². The molecular formula is C17H15N3O7. The van der Waals surface area contributed by atoms with E-state index in [0.717, 1.165) is 6.07 Å². The summed E-state index contributed by atoms with van der Waals surface area (Å²) in [6.45, 7) is 0.240. The van der Waals surface area contributed by atoms with Crippen LogP contribution in [0.1, 0.15) is 10.4 Å². The van der Waals surface area contributed by atoms with E-state index < -0.39 is 22.4 Å². The number of amides is 2. The number of nitrogens with one attached hydrogen (secondary N) is 1. The molecule has 3 rings (SSSR count). The van der Waals surface area contributed by atoms with Crippen molar-refractivity contribution < 1.29 is 28.7 Å². The number of nitrogens with zero attached hydrogens (tertiary/aromatic N) is 1. The summed E-state index contributed by atoms with van der Waals surface area (Å²) in [4.78, 5) is 34.0. The summed E-state index contributed by atoms with van der Waals surface area (Å²) in [6.07, 6.45) is 0. The lowest BCUT2D eigenvalue weighted by Gasteiger charge is -2.19. The van der Waals surface area contributed by atoms with Gasteiger partial charge in [0.2, 0.25) is 0 Å². The number of hydrogen-bond acceptors (Lipinski definition) is 7. The van der Waals surface area contributed by atoms with E-state index in [1.807, 2.05) is 0 Å². The van der Waals surface area contributed by atoms with Crippen molar-refractivity contribution in [2.75, 3.05) is 25.1 Å². The molecule has 0 saturated carbocycles. The van der Waals surface area contributed by atoms with Crippen LogP contribution in [-0.2, 0) is 4.79 Å². The van der Waals surface area contributed by atoms with E-state index in [9.17, 15) is 19.7 Å². The van der Waals surface area contributed by atoms with Crippen molar-refractivity contribution in [2.45, 2.75) is 0 Å². The van der Waals surface area contributed by atoms with Crippen LogP contribution in [-0.4, -0.2) is 36.6 Å². The van der Waals surface area contributed by atoms with Crippen LogP contribution in [0.4, 0.5) is 11.4 Å². The van der Waals surface area contributed by atoms with E-state index in [0.29, 0.717) is 11.4 Å². The molecule has 0 bridgehead atoms. The maximum absolute atomic E-state index is 12.6. The van der Waals surface area contributed by atoms with Gasteiger partial charge in [-0.3, -0.25) is 19.7 Å². The first-order valence-electron chi connectivity index (χ1n) is 7.84. The second-order valence-corrected chi connectivity index (χ2v) is 5.51. The first kappa shape index (κ1) is 18.0. The number of benzene rings is 2. The normalized spacial score (nSPS) is 12.1. The topological polar surface area (TPSA) is 143 Å². The van der Waals surface area contributed by atoms with E-state index in [2.05, 4.69) is 5.32 Å². The number of rotatable bonds is 6. The van der Waals surface area contributed by atoms with Crippen LogP contribution >= 0.6 is 0 Å². The van der Waals surface area contributed by atoms with Gasteiger partial charge in [-0.1, -0.05) is 6.07 Å². The first-order chi connectivity index (χ1) is 12.9. The van der Waals surface area contributed by atoms with Crippen LogP contribution in [0.15, 0.2) is 36.4 Å². The summed E-state index contributed by atoms with van der Waals surface area (Å²) < 4.78 is 15.9. The molecule has 3 N–H and O–H groups in total. The van der Waals surface area contributed by atoms with E-state index in [1.54, 1.807) is 18.2 Å². The van der Waals surface area contributed by atoms with Crippen LogP contribution in [0.2, 0.25) is 0 Å². The highest BCUT2D eigenvalue weighted by Crippen LogP contribution is 2.37. The van der Waals surface area contributed by atoms with Crippen molar-refractivity contribution in [2.24, 2.45) is 5.73 Å². The van der Waals surface area contributed by atoms with Gasteiger partial charge in [0, 0.05) is 17.8 Å². The Morgan fingerprint density at radius 3 is 2.56 bits per heavy atom. The summed E-state index contributed by atoms with van der Waals surface area (Å²) >= 11 is 0. The summed E-state index contributed by atoms with van der Waals surface area (Å²) in [5, 5.41) is 13.9.